The third kappa shape index (κ3) is 1.22. The third-order valence-electron chi connectivity index (χ3n) is 1.22. The predicted molar refractivity (Wildman–Crippen MR) is 38.0 cm³/mol. The summed E-state index contributed by atoms with van der Waals surface area (Å²) in [6, 6.07) is 0.0636. The first-order valence-electron chi connectivity index (χ1n) is 2.91. The molecule has 0 spiro atoms. The average molecular weight is 124 g/mol. The van der Waals surface area contributed by atoms with Crippen molar-refractivity contribution in [3.8, 4) is 0 Å². The summed E-state index contributed by atoms with van der Waals surface area (Å²) in [4.78, 5) is 8.10. The molecule has 0 bridgehead atoms. The van der Waals surface area contributed by atoms with Gasteiger partial charge in [0.25, 0.3) is 0 Å². The second-order valence-corrected chi connectivity index (χ2v) is 2.13. The lowest BCUT2D eigenvalue weighted by Crippen LogP contribution is -2.45. The number of hydrogen-bond donors (Lipinski definition) is 1. The highest BCUT2D eigenvalue weighted by atomic mass is 15.0. The van der Waals surface area contributed by atoms with Gasteiger partial charge in [-0.15, -0.1) is 0 Å². The van der Waals surface area contributed by atoms with Gasteiger partial charge in [-0.1, -0.05) is 0 Å². The van der Waals surface area contributed by atoms with E-state index in [1.807, 2.05) is 13.8 Å². The normalized spacial score (nSPS) is 26.2. The van der Waals surface area contributed by atoms with Crippen LogP contribution in [0.2, 0.25) is 0 Å². The lowest BCUT2D eigenvalue weighted by molar-refractivity contribution is -0.118. The second-order valence-electron chi connectivity index (χ2n) is 2.13. The topological polar surface area (TPSA) is 50.3 Å². The number of rotatable bonds is 0. The summed E-state index contributed by atoms with van der Waals surface area (Å²) in [6.45, 7) is 3.80. The van der Waals surface area contributed by atoms with Crippen LogP contribution in [0.5, 0.6) is 0 Å². The van der Waals surface area contributed by atoms with E-state index in [2.05, 4.69) is 9.98 Å². The van der Waals surface area contributed by atoms with Gasteiger partial charge in [-0.3, -0.25) is 10.4 Å². The van der Waals surface area contributed by atoms with Crippen molar-refractivity contribution in [3.05, 3.63) is 0 Å². The van der Waals surface area contributed by atoms with E-state index in [1.165, 1.54) is 0 Å². The number of hydrogen-bond acceptors (Lipinski definition) is 1. The number of amidine groups is 1. The maximum atomic E-state index is 5.48. The molecule has 0 amide bonds. The van der Waals surface area contributed by atoms with Gasteiger partial charge in [0.05, 0.1) is 6.21 Å². The highest BCUT2D eigenvalue weighted by Gasteiger charge is 2.17. The largest absolute Gasteiger partial charge is 0.314 e. The van der Waals surface area contributed by atoms with Crippen LogP contribution < -0.4 is 5.41 Å². The molecule has 0 aromatic rings. The van der Waals surface area contributed by atoms with Crippen molar-refractivity contribution >= 4 is 17.8 Å². The molecule has 1 atom stereocenters. The molecule has 3 heteroatoms. The smallest absolute Gasteiger partial charge is 0.286 e. The molecule has 0 saturated heterocycles. The van der Waals surface area contributed by atoms with Gasteiger partial charge in [-0.05, 0) is 11.9 Å². The van der Waals surface area contributed by atoms with Crippen LogP contribution in [0.1, 0.15) is 13.8 Å². The van der Waals surface area contributed by atoms with Crippen molar-refractivity contribution < 1.29 is 5.41 Å². The molecular formula is C6H10N3+. The average Bonchev–Trinajstić information content (AvgIpc) is 1.80. The van der Waals surface area contributed by atoms with Crippen LogP contribution in [0.15, 0.2) is 9.98 Å². The minimum absolute atomic E-state index is 0.0636. The molecule has 0 aliphatic carbocycles. The minimum atomic E-state index is 0.0636. The van der Waals surface area contributed by atoms with E-state index in [9.17, 15) is 0 Å². The highest BCUT2D eigenvalue weighted by Crippen LogP contribution is 1.95. The Labute approximate surface area is 54.0 Å². The molecule has 48 valence electrons. The van der Waals surface area contributed by atoms with Crippen molar-refractivity contribution in [1.29, 1.82) is 0 Å². The molecule has 3 nitrogen and oxygen atoms in total. The monoisotopic (exact) mass is 124 g/mol. The van der Waals surface area contributed by atoms with Crippen LogP contribution in [0.4, 0.5) is 0 Å². The zero-order valence-corrected chi connectivity index (χ0v) is 5.63. The maximum absolute atomic E-state index is 5.48. The standard InChI is InChI=1S/C6H9N3/c1-4-3-8-5(2)6(7)9-4/h3,5,7H,1-2H3/p+1. The second kappa shape index (κ2) is 2.09. The van der Waals surface area contributed by atoms with Gasteiger partial charge < -0.3 is 0 Å². The Morgan fingerprint density at radius 1 is 1.67 bits per heavy atom. The van der Waals surface area contributed by atoms with Crippen LogP contribution in [-0.4, -0.2) is 23.8 Å². The first-order valence-corrected chi connectivity index (χ1v) is 2.91. The van der Waals surface area contributed by atoms with Gasteiger partial charge in [0.1, 0.15) is 0 Å². The SMILES string of the molecule is CC1=NC(=[NH2+])C(C)N=C1. The summed E-state index contributed by atoms with van der Waals surface area (Å²) in [5.74, 6) is 0.606. The summed E-state index contributed by atoms with van der Waals surface area (Å²) in [5.41, 5.74) is 0.880. The molecule has 1 unspecified atom stereocenters. The van der Waals surface area contributed by atoms with E-state index in [-0.39, 0.29) is 6.04 Å². The van der Waals surface area contributed by atoms with E-state index in [1.54, 1.807) is 6.21 Å². The zero-order chi connectivity index (χ0) is 6.85. The predicted octanol–water partition coefficient (Wildman–Crippen LogP) is -0.922. The Hall–Kier alpha value is -0.990. The Morgan fingerprint density at radius 3 is 2.78 bits per heavy atom. The minimum Gasteiger partial charge on any atom is -0.286 e. The molecule has 1 heterocycles. The van der Waals surface area contributed by atoms with Gasteiger partial charge in [-0.2, -0.15) is 0 Å². The summed E-state index contributed by atoms with van der Waals surface area (Å²) in [5, 5.41) is 5.48. The Bertz CT molecular complexity index is 190. The molecule has 1 aliphatic rings. The van der Waals surface area contributed by atoms with Gasteiger partial charge in [0.2, 0.25) is 0 Å². The fourth-order valence-corrected chi connectivity index (χ4v) is 0.622. The van der Waals surface area contributed by atoms with E-state index in [0.717, 1.165) is 5.71 Å². The van der Waals surface area contributed by atoms with Crippen molar-refractivity contribution in [2.45, 2.75) is 19.9 Å². The molecule has 0 saturated carbocycles. The van der Waals surface area contributed by atoms with E-state index >= 15 is 0 Å². The van der Waals surface area contributed by atoms with Crippen molar-refractivity contribution in [3.63, 3.8) is 0 Å². The molecule has 0 fully saturated rings. The van der Waals surface area contributed by atoms with E-state index < -0.39 is 0 Å². The molecular weight excluding hydrogens is 114 g/mol. The number of nitrogens with two attached hydrogens (primary N) is 1. The fraction of sp³-hybridized carbons (Fsp3) is 0.500. The van der Waals surface area contributed by atoms with Crippen LogP contribution >= 0.6 is 0 Å². The van der Waals surface area contributed by atoms with E-state index in [4.69, 9.17) is 5.41 Å². The van der Waals surface area contributed by atoms with E-state index in [0.29, 0.717) is 5.84 Å². The number of aliphatic imine (C=N–C) groups is 2. The summed E-state index contributed by atoms with van der Waals surface area (Å²) in [6.07, 6.45) is 1.74. The molecule has 1 aliphatic heterocycles. The molecule has 0 radical (unpaired) electrons. The fourth-order valence-electron chi connectivity index (χ4n) is 0.622. The van der Waals surface area contributed by atoms with Gasteiger partial charge in [0.15, 0.2) is 11.8 Å². The van der Waals surface area contributed by atoms with Crippen molar-refractivity contribution in [2.75, 3.05) is 0 Å². The summed E-state index contributed by atoms with van der Waals surface area (Å²) < 4.78 is 0. The van der Waals surface area contributed by atoms with Crippen LogP contribution in [-0.2, 0) is 0 Å². The summed E-state index contributed by atoms with van der Waals surface area (Å²) in [7, 11) is 0. The van der Waals surface area contributed by atoms with Crippen LogP contribution in [0, 0.1) is 0 Å². The first kappa shape index (κ1) is 6.13. The molecule has 9 heavy (non-hydrogen) atoms. The van der Waals surface area contributed by atoms with Crippen molar-refractivity contribution in [2.24, 2.45) is 9.98 Å². The third-order valence-corrected chi connectivity index (χ3v) is 1.22. The van der Waals surface area contributed by atoms with Crippen LogP contribution in [0.25, 0.3) is 0 Å². The quantitative estimate of drug-likeness (QED) is 0.434. The Kier molecular flexibility index (Phi) is 1.42. The van der Waals surface area contributed by atoms with Gasteiger partial charge in [-0.25, -0.2) is 0 Å². The lowest BCUT2D eigenvalue weighted by atomic mass is 10.3. The molecule has 1 rings (SSSR count). The Balaban J connectivity index is 2.82. The Morgan fingerprint density at radius 2 is 2.33 bits per heavy atom. The van der Waals surface area contributed by atoms with Gasteiger partial charge in [0, 0.05) is 6.92 Å². The lowest BCUT2D eigenvalue weighted by Gasteiger charge is -1.99. The summed E-state index contributed by atoms with van der Waals surface area (Å²) >= 11 is 0. The maximum Gasteiger partial charge on any atom is 0.314 e. The van der Waals surface area contributed by atoms with Crippen molar-refractivity contribution in [1.82, 2.24) is 0 Å². The first-order chi connectivity index (χ1) is 4.20. The zero-order valence-electron chi connectivity index (χ0n) is 5.63. The highest BCUT2D eigenvalue weighted by molar-refractivity contribution is 6.33. The molecule has 0 aromatic carbocycles. The van der Waals surface area contributed by atoms with Crippen LogP contribution in [0.3, 0.4) is 0 Å². The van der Waals surface area contributed by atoms with Gasteiger partial charge >= 0.3 is 5.84 Å². The molecule has 2 N–H and O–H groups in total. The number of nitrogens with zero attached hydrogens (tertiary/aromatic N) is 2. The molecule has 0 aromatic heterocycles.